The number of nitrogens with zero attached hydrogens (tertiary/aromatic N) is 3. The molecule has 1 atom stereocenters. The summed E-state index contributed by atoms with van der Waals surface area (Å²) in [5.41, 5.74) is -0.00585. The Balaban J connectivity index is 1.71. The van der Waals surface area contributed by atoms with Crippen LogP contribution >= 0.6 is 39.1 Å². The molecule has 2 aromatic carbocycles. The molecular weight excluding hydrogens is 522 g/mol. The smallest absolute Gasteiger partial charge is 0.406 e. The van der Waals surface area contributed by atoms with Gasteiger partial charge in [0.2, 0.25) is 5.95 Å². The van der Waals surface area contributed by atoms with Gasteiger partial charge in [-0.1, -0.05) is 35.3 Å². The van der Waals surface area contributed by atoms with Gasteiger partial charge < -0.3 is 4.74 Å². The number of carbonyl (C=O) groups is 1. The zero-order valence-electron chi connectivity index (χ0n) is 15.8. The van der Waals surface area contributed by atoms with E-state index in [0.717, 1.165) is 0 Å². The molecule has 1 aliphatic rings. The minimum atomic E-state index is -4.77. The van der Waals surface area contributed by atoms with Crippen molar-refractivity contribution >= 4 is 56.7 Å². The minimum Gasteiger partial charge on any atom is -0.406 e. The first kappa shape index (κ1) is 22.0. The number of ether oxygens (including phenoxy) is 1. The predicted molar refractivity (Wildman–Crippen MR) is 114 cm³/mol. The van der Waals surface area contributed by atoms with Gasteiger partial charge in [-0.3, -0.25) is 9.36 Å². The second-order valence-corrected chi connectivity index (χ2v) is 8.81. The first-order chi connectivity index (χ1) is 14.5. The van der Waals surface area contributed by atoms with Crippen LogP contribution in [-0.2, 0) is 16.8 Å². The SMILES string of the molecule is C[C@@]1(Cc2ccc(OC(F)(F)F)cc2)C(=O)N(c2cc(Cl)cc(Cl)c2)c2ncc(Br)n21. The number of alkyl halides is 3. The Labute approximate surface area is 193 Å². The molecule has 0 bridgehead atoms. The Morgan fingerprint density at radius 1 is 1.13 bits per heavy atom. The van der Waals surface area contributed by atoms with E-state index in [1.165, 1.54) is 29.2 Å². The van der Waals surface area contributed by atoms with Gasteiger partial charge in [0, 0.05) is 16.5 Å². The Bertz CT molecular complexity index is 1150. The molecule has 0 spiro atoms. The Hall–Kier alpha value is -2.23. The summed E-state index contributed by atoms with van der Waals surface area (Å²) in [4.78, 5) is 19.3. The fourth-order valence-corrected chi connectivity index (χ4v) is 4.79. The number of anilines is 2. The van der Waals surface area contributed by atoms with Crippen LogP contribution in [0.15, 0.2) is 53.3 Å². The number of halogens is 6. The average molecular weight is 535 g/mol. The molecule has 1 amide bonds. The number of aromatic nitrogens is 2. The van der Waals surface area contributed by atoms with E-state index in [0.29, 0.717) is 31.8 Å². The molecule has 0 saturated heterocycles. The van der Waals surface area contributed by atoms with Crippen molar-refractivity contribution in [1.29, 1.82) is 0 Å². The van der Waals surface area contributed by atoms with Crippen LogP contribution in [0.4, 0.5) is 24.8 Å². The summed E-state index contributed by atoms with van der Waals surface area (Å²) < 4.78 is 43.4. The van der Waals surface area contributed by atoms with Gasteiger partial charge in [0.1, 0.15) is 15.9 Å². The summed E-state index contributed by atoms with van der Waals surface area (Å²) in [5.74, 6) is -0.251. The summed E-state index contributed by atoms with van der Waals surface area (Å²) in [7, 11) is 0. The maximum absolute atomic E-state index is 13.6. The van der Waals surface area contributed by atoms with E-state index >= 15 is 0 Å². The highest BCUT2D eigenvalue weighted by atomic mass is 79.9. The average Bonchev–Trinajstić information content (AvgIpc) is 3.12. The van der Waals surface area contributed by atoms with Crippen LogP contribution in [0.3, 0.4) is 0 Å². The monoisotopic (exact) mass is 533 g/mol. The van der Waals surface area contributed by atoms with Gasteiger partial charge in [-0.15, -0.1) is 13.2 Å². The highest BCUT2D eigenvalue weighted by Crippen LogP contribution is 2.44. The molecule has 0 unspecified atom stereocenters. The third-order valence-corrected chi connectivity index (χ3v) is 5.86. The van der Waals surface area contributed by atoms with Gasteiger partial charge in [-0.2, -0.15) is 0 Å². The molecule has 5 nitrogen and oxygen atoms in total. The summed E-state index contributed by atoms with van der Waals surface area (Å²) in [6, 6.07) is 10.2. The Kier molecular flexibility index (Phi) is 5.47. The van der Waals surface area contributed by atoms with Gasteiger partial charge in [0.25, 0.3) is 5.91 Å². The van der Waals surface area contributed by atoms with Gasteiger partial charge in [-0.25, -0.2) is 9.88 Å². The zero-order valence-corrected chi connectivity index (χ0v) is 18.8. The van der Waals surface area contributed by atoms with Gasteiger partial charge in [0.05, 0.1) is 11.9 Å². The van der Waals surface area contributed by atoms with Crippen LogP contribution < -0.4 is 9.64 Å². The molecule has 2 heterocycles. The summed E-state index contributed by atoms with van der Waals surface area (Å²) in [5, 5.41) is 0.725. The maximum atomic E-state index is 13.6. The highest BCUT2D eigenvalue weighted by molar-refractivity contribution is 9.10. The number of hydrogen-bond acceptors (Lipinski definition) is 3. The van der Waals surface area contributed by atoms with E-state index in [2.05, 4.69) is 25.7 Å². The predicted octanol–water partition coefficient (Wildman–Crippen LogP) is 6.49. The fourth-order valence-electron chi connectivity index (χ4n) is 3.63. The summed E-state index contributed by atoms with van der Waals surface area (Å²) >= 11 is 15.7. The summed E-state index contributed by atoms with van der Waals surface area (Å²) in [6.45, 7) is 1.73. The first-order valence-corrected chi connectivity index (χ1v) is 10.4. The number of hydrogen-bond donors (Lipinski definition) is 0. The van der Waals surface area contributed by atoms with Crippen molar-refractivity contribution in [3.8, 4) is 5.75 Å². The molecule has 0 radical (unpaired) electrons. The van der Waals surface area contributed by atoms with Gasteiger partial charge in [0.15, 0.2) is 0 Å². The van der Waals surface area contributed by atoms with E-state index in [9.17, 15) is 18.0 Å². The van der Waals surface area contributed by atoms with Crippen LogP contribution in [-0.4, -0.2) is 21.8 Å². The quantitative estimate of drug-likeness (QED) is 0.384. The molecule has 162 valence electrons. The second kappa shape index (κ2) is 7.72. The largest absolute Gasteiger partial charge is 0.573 e. The Morgan fingerprint density at radius 2 is 1.74 bits per heavy atom. The normalized spacial score (nSPS) is 18.4. The van der Waals surface area contributed by atoms with Crippen molar-refractivity contribution in [2.75, 3.05) is 4.90 Å². The maximum Gasteiger partial charge on any atom is 0.573 e. The van der Waals surface area contributed by atoms with Crippen LogP contribution in [0.25, 0.3) is 0 Å². The van der Waals surface area contributed by atoms with Gasteiger partial charge >= 0.3 is 6.36 Å². The van der Waals surface area contributed by atoms with Crippen molar-refractivity contribution in [1.82, 2.24) is 9.55 Å². The number of amides is 1. The number of fused-ring (bicyclic) bond motifs is 1. The van der Waals surface area contributed by atoms with E-state index in [1.807, 2.05) is 0 Å². The van der Waals surface area contributed by atoms with Crippen molar-refractivity contribution in [3.63, 3.8) is 0 Å². The lowest BCUT2D eigenvalue weighted by molar-refractivity contribution is -0.274. The topological polar surface area (TPSA) is 47.4 Å². The lowest BCUT2D eigenvalue weighted by Crippen LogP contribution is -2.41. The van der Waals surface area contributed by atoms with Crippen molar-refractivity contribution in [3.05, 3.63) is 68.9 Å². The molecule has 0 fully saturated rings. The lowest BCUT2D eigenvalue weighted by Gasteiger charge is -2.26. The number of benzene rings is 2. The number of imidazole rings is 1. The molecule has 0 aliphatic carbocycles. The molecule has 11 heteroatoms. The third kappa shape index (κ3) is 4.14. The van der Waals surface area contributed by atoms with Crippen molar-refractivity contribution in [2.24, 2.45) is 0 Å². The van der Waals surface area contributed by atoms with E-state index in [-0.39, 0.29) is 18.1 Å². The zero-order chi connectivity index (χ0) is 22.6. The molecule has 3 aromatic rings. The van der Waals surface area contributed by atoms with Crippen LogP contribution in [0.2, 0.25) is 10.0 Å². The van der Waals surface area contributed by atoms with E-state index < -0.39 is 11.9 Å². The van der Waals surface area contributed by atoms with Crippen molar-refractivity contribution < 1.29 is 22.7 Å². The van der Waals surface area contributed by atoms with Crippen molar-refractivity contribution in [2.45, 2.75) is 25.2 Å². The number of rotatable bonds is 4. The molecule has 31 heavy (non-hydrogen) atoms. The van der Waals surface area contributed by atoms with Crippen LogP contribution in [0.1, 0.15) is 12.5 Å². The Morgan fingerprint density at radius 3 is 2.32 bits per heavy atom. The third-order valence-electron chi connectivity index (χ3n) is 4.87. The number of carbonyl (C=O) groups excluding carboxylic acids is 1. The molecule has 1 aliphatic heterocycles. The molecule has 4 rings (SSSR count). The lowest BCUT2D eigenvalue weighted by atomic mass is 9.92. The second-order valence-electron chi connectivity index (χ2n) is 7.13. The molecular formula is C20H13BrCl2F3N3O2. The highest BCUT2D eigenvalue weighted by Gasteiger charge is 2.50. The molecule has 0 saturated carbocycles. The minimum absolute atomic E-state index is 0.199. The van der Waals surface area contributed by atoms with E-state index in [4.69, 9.17) is 23.2 Å². The molecule has 0 N–H and O–H groups in total. The first-order valence-electron chi connectivity index (χ1n) is 8.87. The van der Waals surface area contributed by atoms with Crippen LogP contribution in [0.5, 0.6) is 5.75 Å². The fraction of sp³-hybridized carbons (Fsp3) is 0.200. The van der Waals surface area contributed by atoms with E-state index in [1.54, 1.807) is 35.9 Å². The standard InChI is InChI=1S/C20H13BrCl2F3N3O2/c1-19(9-11-2-4-15(5-3-11)31-20(24,25)26)17(30)28(18-27-10-16(21)29(18)19)14-7-12(22)6-13(23)8-14/h2-8,10H,9H2,1H3/t19-/m1/s1. The van der Waals surface area contributed by atoms with Crippen LogP contribution in [0, 0.1) is 0 Å². The molecule has 1 aromatic heterocycles. The summed E-state index contributed by atoms with van der Waals surface area (Å²) in [6.07, 6.45) is -3.01. The van der Waals surface area contributed by atoms with Gasteiger partial charge in [-0.05, 0) is 58.7 Å².